The van der Waals surface area contributed by atoms with Gasteiger partial charge in [0.15, 0.2) is 0 Å². The molecule has 0 aliphatic heterocycles. The van der Waals surface area contributed by atoms with Gasteiger partial charge in [0.25, 0.3) is 0 Å². The van der Waals surface area contributed by atoms with Crippen molar-refractivity contribution in [3.05, 3.63) is 0 Å². The molecule has 0 heterocycles. The summed E-state index contributed by atoms with van der Waals surface area (Å²) in [4.78, 5) is 0. The highest BCUT2D eigenvalue weighted by Gasteiger charge is 1.40. The average molecular weight is 126 g/mol. The first-order valence-electron chi connectivity index (χ1n) is 1.32. The maximum atomic E-state index is 8.44. The fourth-order valence-electron chi connectivity index (χ4n) is 0. The second-order valence-electron chi connectivity index (χ2n) is 0.612. The minimum atomic E-state index is -3.11. The molecule has 0 bridgehead atoms. The third-order valence-electron chi connectivity index (χ3n) is 0. The Morgan fingerprint density at radius 3 is 1.14 bits per heavy atom. The minimum Gasteiger partial charge on any atom is -0.388 e. The van der Waals surface area contributed by atoms with E-state index in [4.69, 9.17) is 12.6 Å². The molecule has 0 saturated heterocycles. The predicted octanol–water partition coefficient (Wildman–Crippen LogP) is -0.741. The Morgan fingerprint density at radius 2 is 1.14 bits per heavy atom. The van der Waals surface area contributed by atoms with Crippen molar-refractivity contribution in [1.82, 2.24) is 0 Å². The molecule has 0 aliphatic rings. The smallest absolute Gasteiger partial charge is 0.388 e. The molecular formula is C2H6O4S. The van der Waals surface area contributed by atoms with Crippen molar-refractivity contribution in [2.24, 2.45) is 0 Å². The van der Waals surface area contributed by atoms with Gasteiger partial charge < -0.3 is 4.74 Å². The van der Waals surface area contributed by atoms with E-state index in [1.165, 1.54) is 0 Å². The quantitative estimate of drug-likeness (QED) is 0.429. The first-order chi connectivity index (χ1) is 3.15. The van der Waals surface area contributed by atoms with E-state index in [0.29, 0.717) is 0 Å². The lowest BCUT2D eigenvalue weighted by atomic mass is 11.6. The third kappa shape index (κ3) is 405. The van der Waals surface area contributed by atoms with E-state index in [0.717, 1.165) is 0 Å². The van der Waals surface area contributed by atoms with Gasteiger partial charge in [0.1, 0.15) is 0 Å². The van der Waals surface area contributed by atoms with Crippen molar-refractivity contribution in [1.29, 1.82) is 0 Å². The van der Waals surface area contributed by atoms with E-state index in [9.17, 15) is 0 Å². The fourth-order valence-corrected chi connectivity index (χ4v) is 0. The van der Waals surface area contributed by atoms with Gasteiger partial charge in [-0.15, -0.1) is 12.6 Å². The zero-order chi connectivity index (χ0) is 6.28. The lowest BCUT2D eigenvalue weighted by Crippen LogP contribution is -1.55. The number of ether oxygens (including phenoxy) is 1. The van der Waals surface area contributed by atoms with Crippen LogP contribution in [0.15, 0.2) is 0 Å². The topological polar surface area (TPSA) is 60.4 Å². The molecule has 0 radical (unpaired) electrons. The molecule has 0 N–H and O–H groups in total. The Hall–Kier alpha value is -0.420. The first kappa shape index (κ1) is 9.77. The Balaban J connectivity index is 0. The molecule has 0 saturated carbocycles. The molecule has 5 heteroatoms. The number of hydrogen-bond acceptors (Lipinski definition) is 4. The standard InChI is InChI=1S/C2H6O.O3S/c1-3-2;1-4(2)3/h1-2H3;. The molecule has 0 amide bonds. The largest absolute Gasteiger partial charge is 0.425 e. The van der Waals surface area contributed by atoms with Gasteiger partial charge in [-0.1, -0.05) is 0 Å². The summed E-state index contributed by atoms with van der Waals surface area (Å²) in [5.74, 6) is 0. The third-order valence-corrected chi connectivity index (χ3v) is 0. The monoisotopic (exact) mass is 126 g/mol. The highest BCUT2D eigenvalue weighted by molar-refractivity contribution is 7.59. The summed E-state index contributed by atoms with van der Waals surface area (Å²) in [5.41, 5.74) is 0. The molecule has 4 nitrogen and oxygen atoms in total. The summed E-state index contributed by atoms with van der Waals surface area (Å²) in [6.45, 7) is 0. The lowest BCUT2D eigenvalue weighted by Gasteiger charge is -1.61. The summed E-state index contributed by atoms with van der Waals surface area (Å²) in [6, 6.07) is 0. The molecule has 0 spiro atoms. The summed E-state index contributed by atoms with van der Waals surface area (Å²) in [6.07, 6.45) is 0. The van der Waals surface area contributed by atoms with Gasteiger partial charge in [0.05, 0.1) is 0 Å². The summed E-state index contributed by atoms with van der Waals surface area (Å²) in [5, 5.41) is 0. The Morgan fingerprint density at radius 1 is 1.14 bits per heavy atom. The number of hydrogen-bond donors (Lipinski definition) is 0. The van der Waals surface area contributed by atoms with Crippen LogP contribution >= 0.6 is 0 Å². The molecular weight excluding hydrogens is 120 g/mol. The molecule has 0 fully saturated rings. The Labute approximate surface area is 43.2 Å². The van der Waals surface area contributed by atoms with Crippen molar-refractivity contribution >= 4 is 10.6 Å². The summed E-state index contributed by atoms with van der Waals surface area (Å²) < 4.78 is 29.6. The SMILES string of the molecule is COC.O=S(=O)=O. The molecule has 0 atom stereocenters. The van der Waals surface area contributed by atoms with Crippen molar-refractivity contribution in [3.63, 3.8) is 0 Å². The van der Waals surface area contributed by atoms with Gasteiger partial charge in [-0.25, -0.2) is 0 Å². The summed E-state index contributed by atoms with van der Waals surface area (Å²) in [7, 11) is 0.139. The van der Waals surface area contributed by atoms with E-state index >= 15 is 0 Å². The second kappa shape index (κ2) is 9.13. The Bertz CT molecular complexity index is 89.9. The molecule has 0 aromatic rings. The maximum Gasteiger partial charge on any atom is 0.425 e. The molecule has 7 heavy (non-hydrogen) atoms. The van der Waals surface area contributed by atoms with E-state index in [2.05, 4.69) is 4.74 Å². The van der Waals surface area contributed by atoms with Crippen LogP contribution in [0.2, 0.25) is 0 Å². The lowest BCUT2D eigenvalue weighted by molar-refractivity contribution is 0.277. The molecule has 0 rings (SSSR count). The van der Waals surface area contributed by atoms with Gasteiger partial charge in [0, 0.05) is 14.2 Å². The molecule has 0 aliphatic carbocycles. The first-order valence-corrected chi connectivity index (χ1v) is 2.32. The van der Waals surface area contributed by atoms with Crippen LogP contribution in [0.3, 0.4) is 0 Å². The van der Waals surface area contributed by atoms with Crippen LogP contribution in [0, 0.1) is 0 Å². The van der Waals surface area contributed by atoms with Gasteiger partial charge in [-0.2, -0.15) is 0 Å². The van der Waals surface area contributed by atoms with Crippen molar-refractivity contribution in [2.75, 3.05) is 14.2 Å². The van der Waals surface area contributed by atoms with Crippen LogP contribution in [0.25, 0.3) is 0 Å². The normalized spacial score (nSPS) is 6.00. The molecule has 0 aromatic carbocycles. The zero-order valence-electron chi connectivity index (χ0n) is 4.04. The van der Waals surface area contributed by atoms with Crippen LogP contribution in [-0.2, 0) is 15.3 Å². The average Bonchev–Trinajstić information content (AvgIpc) is 1.33. The van der Waals surface area contributed by atoms with E-state index < -0.39 is 10.6 Å². The van der Waals surface area contributed by atoms with Gasteiger partial charge in [-0.05, 0) is 0 Å². The van der Waals surface area contributed by atoms with Gasteiger partial charge in [-0.3, -0.25) is 0 Å². The van der Waals surface area contributed by atoms with Gasteiger partial charge >= 0.3 is 10.6 Å². The second-order valence-corrected chi connectivity index (χ2v) is 1.02. The minimum absolute atomic E-state index is 1.62. The Kier molecular flexibility index (Phi) is 12.7. The fraction of sp³-hybridized carbons (Fsp3) is 1.00. The highest BCUT2D eigenvalue weighted by Crippen LogP contribution is 1.28. The van der Waals surface area contributed by atoms with Crippen molar-refractivity contribution in [3.8, 4) is 0 Å². The van der Waals surface area contributed by atoms with Crippen molar-refractivity contribution in [2.45, 2.75) is 0 Å². The van der Waals surface area contributed by atoms with E-state index in [1.807, 2.05) is 0 Å². The van der Waals surface area contributed by atoms with Crippen LogP contribution in [0.4, 0.5) is 0 Å². The van der Waals surface area contributed by atoms with Crippen LogP contribution in [0.5, 0.6) is 0 Å². The maximum absolute atomic E-state index is 8.44. The zero-order valence-corrected chi connectivity index (χ0v) is 4.86. The number of rotatable bonds is 0. The van der Waals surface area contributed by atoms with Crippen LogP contribution in [0.1, 0.15) is 0 Å². The summed E-state index contributed by atoms with van der Waals surface area (Å²) >= 11 is 0. The predicted molar refractivity (Wildman–Crippen MR) is 22.6 cm³/mol. The van der Waals surface area contributed by atoms with Gasteiger partial charge in [0.2, 0.25) is 0 Å². The molecule has 0 aromatic heterocycles. The molecule has 0 unspecified atom stereocenters. The highest BCUT2D eigenvalue weighted by atomic mass is 32.2. The van der Waals surface area contributed by atoms with E-state index in [1.54, 1.807) is 14.2 Å². The van der Waals surface area contributed by atoms with Crippen LogP contribution in [-0.4, -0.2) is 26.8 Å². The van der Waals surface area contributed by atoms with E-state index in [-0.39, 0.29) is 0 Å². The van der Waals surface area contributed by atoms with Crippen molar-refractivity contribution < 1.29 is 17.4 Å². The number of methoxy groups -OCH3 is 1. The van der Waals surface area contributed by atoms with Crippen LogP contribution < -0.4 is 0 Å². The molecule has 44 valence electrons.